The molecule has 2 heterocycles. The van der Waals surface area contributed by atoms with E-state index in [1.807, 2.05) is 48.5 Å². The van der Waals surface area contributed by atoms with Crippen molar-refractivity contribution < 1.29 is 9.32 Å². The van der Waals surface area contributed by atoms with Crippen LogP contribution in [0.25, 0.3) is 27.9 Å². The first-order chi connectivity index (χ1) is 15.7. The summed E-state index contributed by atoms with van der Waals surface area (Å²) < 4.78 is 7.16. The fourth-order valence-corrected chi connectivity index (χ4v) is 3.51. The highest BCUT2D eigenvalue weighted by Gasteiger charge is 2.19. The molecule has 1 N–H and O–H groups in total. The molecule has 5 aromatic rings. The van der Waals surface area contributed by atoms with Gasteiger partial charge in [-0.15, -0.1) is 5.10 Å². The van der Waals surface area contributed by atoms with Gasteiger partial charge in [-0.25, -0.2) is 4.68 Å². The van der Waals surface area contributed by atoms with E-state index in [1.54, 1.807) is 35.9 Å². The molecule has 0 aliphatic rings. The largest absolute Gasteiger partial charge is 0.355 e. The van der Waals surface area contributed by atoms with Crippen LogP contribution in [-0.4, -0.2) is 26.1 Å². The van der Waals surface area contributed by atoms with Crippen molar-refractivity contribution in [3.63, 3.8) is 0 Å². The van der Waals surface area contributed by atoms with E-state index in [4.69, 9.17) is 4.52 Å². The molecule has 0 saturated heterocycles. The summed E-state index contributed by atoms with van der Waals surface area (Å²) in [6.45, 7) is 1.76. The molecule has 3 aromatic carbocycles. The fourth-order valence-electron chi connectivity index (χ4n) is 3.51. The third kappa shape index (κ3) is 3.28. The lowest BCUT2D eigenvalue weighted by Crippen LogP contribution is -2.15. The molecule has 0 fully saturated rings. The first kappa shape index (κ1) is 19.2. The number of hydrogen-bond acceptors (Lipinski definition) is 6. The molecule has 0 aliphatic heterocycles. The summed E-state index contributed by atoms with van der Waals surface area (Å²) in [5.74, 6) is 0.221. The van der Waals surface area contributed by atoms with Crippen LogP contribution in [0.1, 0.15) is 21.7 Å². The highest BCUT2D eigenvalue weighted by molar-refractivity contribution is 6.04. The van der Waals surface area contributed by atoms with E-state index in [2.05, 4.69) is 26.9 Å². The van der Waals surface area contributed by atoms with Crippen LogP contribution in [0.3, 0.4) is 0 Å². The number of benzene rings is 3. The van der Waals surface area contributed by atoms with Gasteiger partial charge in [0.1, 0.15) is 11.6 Å². The molecule has 0 bridgehead atoms. The number of amides is 1. The molecule has 5 rings (SSSR count). The number of fused-ring (bicyclic) bond motifs is 1. The lowest BCUT2D eigenvalue weighted by Gasteiger charge is -2.06. The van der Waals surface area contributed by atoms with Crippen molar-refractivity contribution in [1.29, 1.82) is 5.26 Å². The first-order valence-corrected chi connectivity index (χ1v) is 9.83. The summed E-state index contributed by atoms with van der Waals surface area (Å²) in [5, 5.41) is 25.2. The Morgan fingerprint density at radius 1 is 1.06 bits per heavy atom. The molecule has 0 aliphatic carbocycles. The number of para-hydroxylation sites is 1. The van der Waals surface area contributed by atoms with E-state index in [0.717, 1.165) is 22.2 Å². The number of carbonyl (C=O) groups excluding carboxylic acids is 1. The van der Waals surface area contributed by atoms with Crippen LogP contribution < -0.4 is 5.32 Å². The van der Waals surface area contributed by atoms with Crippen LogP contribution in [0.4, 0.5) is 5.69 Å². The van der Waals surface area contributed by atoms with Crippen LogP contribution in [-0.2, 0) is 0 Å². The zero-order chi connectivity index (χ0) is 22.1. The average Bonchev–Trinajstić information content (AvgIpc) is 3.43. The molecule has 2 aromatic heterocycles. The Morgan fingerprint density at radius 2 is 1.84 bits per heavy atom. The molecule has 0 radical (unpaired) electrons. The van der Waals surface area contributed by atoms with Gasteiger partial charge in [0.15, 0.2) is 11.5 Å². The van der Waals surface area contributed by atoms with Crippen molar-refractivity contribution >= 4 is 22.5 Å². The summed E-state index contributed by atoms with van der Waals surface area (Å²) in [4.78, 5) is 12.8. The Labute approximate surface area is 182 Å². The maximum Gasteiger partial charge on any atom is 0.278 e. The van der Waals surface area contributed by atoms with Crippen molar-refractivity contribution in [2.24, 2.45) is 0 Å². The van der Waals surface area contributed by atoms with Crippen LogP contribution in [0.2, 0.25) is 0 Å². The SMILES string of the molecule is Cc1c(C(=O)Nc2ccccc2C#N)nnn1-c1ccc2noc(-c3ccccc3)c2c1. The Balaban J connectivity index is 1.50. The third-order valence-corrected chi connectivity index (χ3v) is 5.15. The minimum Gasteiger partial charge on any atom is -0.355 e. The molecule has 154 valence electrons. The van der Waals surface area contributed by atoms with Crippen LogP contribution >= 0.6 is 0 Å². The van der Waals surface area contributed by atoms with E-state index in [9.17, 15) is 10.1 Å². The van der Waals surface area contributed by atoms with E-state index in [-0.39, 0.29) is 5.69 Å². The number of carbonyl (C=O) groups is 1. The van der Waals surface area contributed by atoms with Gasteiger partial charge in [-0.05, 0) is 37.3 Å². The average molecular weight is 420 g/mol. The van der Waals surface area contributed by atoms with Gasteiger partial charge in [0.05, 0.1) is 28.0 Å². The van der Waals surface area contributed by atoms with Crippen molar-refractivity contribution in [3.8, 4) is 23.1 Å². The topological polar surface area (TPSA) is 110 Å². The van der Waals surface area contributed by atoms with E-state index >= 15 is 0 Å². The minimum atomic E-state index is -0.438. The molecule has 0 unspecified atom stereocenters. The summed E-state index contributed by atoms with van der Waals surface area (Å²) in [6, 6.07) is 24.1. The van der Waals surface area contributed by atoms with Crippen molar-refractivity contribution in [3.05, 3.63) is 89.7 Å². The quantitative estimate of drug-likeness (QED) is 0.458. The zero-order valence-electron chi connectivity index (χ0n) is 17.0. The zero-order valence-corrected chi connectivity index (χ0v) is 17.0. The van der Waals surface area contributed by atoms with E-state index in [0.29, 0.717) is 22.7 Å². The number of nitriles is 1. The number of hydrogen-bond donors (Lipinski definition) is 1. The first-order valence-electron chi connectivity index (χ1n) is 9.83. The van der Waals surface area contributed by atoms with Crippen LogP contribution in [0.5, 0.6) is 0 Å². The second kappa shape index (κ2) is 7.81. The minimum absolute atomic E-state index is 0.173. The highest BCUT2D eigenvalue weighted by Crippen LogP contribution is 2.30. The molecule has 0 atom stereocenters. The van der Waals surface area contributed by atoms with Gasteiger partial charge < -0.3 is 9.84 Å². The number of anilines is 1. The van der Waals surface area contributed by atoms with Gasteiger partial charge in [-0.1, -0.05) is 52.8 Å². The maximum absolute atomic E-state index is 12.8. The lowest BCUT2D eigenvalue weighted by molar-refractivity contribution is 0.102. The summed E-state index contributed by atoms with van der Waals surface area (Å²) in [7, 11) is 0. The van der Waals surface area contributed by atoms with Gasteiger partial charge in [0.25, 0.3) is 5.91 Å². The second-order valence-corrected chi connectivity index (χ2v) is 7.13. The van der Waals surface area contributed by atoms with Gasteiger partial charge in [-0.3, -0.25) is 4.79 Å². The number of nitrogens with zero attached hydrogens (tertiary/aromatic N) is 5. The molecular weight excluding hydrogens is 404 g/mol. The lowest BCUT2D eigenvalue weighted by atomic mass is 10.1. The van der Waals surface area contributed by atoms with Gasteiger partial charge >= 0.3 is 0 Å². The maximum atomic E-state index is 12.8. The van der Waals surface area contributed by atoms with Crippen molar-refractivity contribution in [2.75, 3.05) is 5.32 Å². The summed E-state index contributed by atoms with van der Waals surface area (Å²) in [6.07, 6.45) is 0. The Hall–Kier alpha value is -4.77. The summed E-state index contributed by atoms with van der Waals surface area (Å²) in [5.41, 5.74) is 3.89. The molecular formula is C24H16N6O2. The number of aromatic nitrogens is 4. The Kier molecular flexibility index (Phi) is 4.69. The predicted octanol–water partition coefficient (Wildman–Crippen LogP) is 4.51. The van der Waals surface area contributed by atoms with Crippen molar-refractivity contribution in [1.82, 2.24) is 20.2 Å². The van der Waals surface area contributed by atoms with Crippen LogP contribution in [0.15, 0.2) is 77.3 Å². The summed E-state index contributed by atoms with van der Waals surface area (Å²) >= 11 is 0. The molecule has 0 spiro atoms. The predicted molar refractivity (Wildman–Crippen MR) is 118 cm³/mol. The number of rotatable bonds is 4. The van der Waals surface area contributed by atoms with Gasteiger partial charge in [0.2, 0.25) is 0 Å². The third-order valence-electron chi connectivity index (χ3n) is 5.15. The molecule has 8 nitrogen and oxygen atoms in total. The van der Waals surface area contributed by atoms with E-state index < -0.39 is 5.91 Å². The van der Waals surface area contributed by atoms with Crippen molar-refractivity contribution in [2.45, 2.75) is 6.92 Å². The van der Waals surface area contributed by atoms with Gasteiger partial charge in [-0.2, -0.15) is 5.26 Å². The Morgan fingerprint density at radius 3 is 2.66 bits per heavy atom. The highest BCUT2D eigenvalue weighted by atomic mass is 16.5. The normalized spacial score (nSPS) is 10.8. The van der Waals surface area contributed by atoms with Gasteiger partial charge in [0, 0.05) is 5.56 Å². The van der Waals surface area contributed by atoms with Crippen LogP contribution in [0, 0.1) is 18.3 Å². The molecule has 0 saturated carbocycles. The second-order valence-electron chi connectivity index (χ2n) is 7.13. The molecule has 32 heavy (non-hydrogen) atoms. The molecule has 8 heteroatoms. The number of nitrogens with one attached hydrogen (secondary N) is 1. The standard InChI is InChI=1S/C24H16N6O2/c1-15-22(24(31)26-20-10-6-5-9-17(20)14-25)27-29-30(15)18-11-12-21-19(13-18)23(32-28-21)16-7-3-2-4-8-16/h2-13H,1H3,(H,26,31). The fraction of sp³-hybridized carbons (Fsp3) is 0.0417. The molecule has 1 amide bonds. The smallest absolute Gasteiger partial charge is 0.278 e. The van der Waals surface area contributed by atoms with E-state index in [1.165, 1.54) is 0 Å². The Bertz CT molecular complexity index is 1490. The monoisotopic (exact) mass is 420 g/mol.